The molecule has 0 atom stereocenters. The molecule has 0 unspecified atom stereocenters. The number of nitrogens with one attached hydrogen (secondary N) is 2. The van der Waals surface area contributed by atoms with E-state index in [2.05, 4.69) is 10.6 Å². The Bertz CT molecular complexity index is 417. The summed E-state index contributed by atoms with van der Waals surface area (Å²) in [6.07, 6.45) is 7.46. The summed E-state index contributed by atoms with van der Waals surface area (Å²) in [6, 6.07) is 7.13. The van der Waals surface area contributed by atoms with Crippen molar-refractivity contribution in [3.05, 3.63) is 35.6 Å². The first-order chi connectivity index (χ1) is 9.78. The SMILES string of the molecule is Fc1ccc(C2(NCC3CCNCC3)CCCC2)cc1. The molecule has 1 aliphatic carbocycles. The Kier molecular flexibility index (Phi) is 4.37. The van der Waals surface area contributed by atoms with E-state index in [1.807, 2.05) is 12.1 Å². The van der Waals surface area contributed by atoms with Crippen molar-refractivity contribution >= 4 is 0 Å². The minimum absolute atomic E-state index is 0.0958. The molecule has 1 aromatic rings. The largest absolute Gasteiger partial charge is 0.317 e. The number of hydrogen-bond acceptors (Lipinski definition) is 2. The molecular weight excluding hydrogens is 251 g/mol. The fourth-order valence-corrected chi connectivity index (χ4v) is 3.74. The molecule has 1 aromatic carbocycles. The minimum atomic E-state index is -0.139. The van der Waals surface area contributed by atoms with Crippen molar-refractivity contribution in [3.8, 4) is 0 Å². The van der Waals surface area contributed by atoms with E-state index in [1.54, 1.807) is 12.1 Å². The highest BCUT2D eigenvalue weighted by atomic mass is 19.1. The molecule has 1 heterocycles. The molecule has 0 radical (unpaired) electrons. The molecule has 1 aliphatic heterocycles. The first-order valence-corrected chi connectivity index (χ1v) is 8.00. The number of piperidine rings is 1. The molecule has 0 spiro atoms. The fraction of sp³-hybridized carbons (Fsp3) is 0.647. The smallest absolute Gasteiger partial charge is 0.123 e. The average Bonchev–Trinajstić information content (AvgIpc) is 2.97. The van der Waals surface area contributed by atoms with Crippen molar-refractivity contribution in [1.82, 2.24) is 10.6 Å². The summed E-state index contributed by atoms with van der Waals surface area (Å²) in [4.78, 5) is 0. The molecule has 0 bridgehead atoms. The highest BCUT2D eigenvalue weighted by molar-refractivity contribution is 5.26. The Morgan fingerprint density at radius 3 is 2.40 bits per heavy atom. The van der Waals surface area contributed by atoms with E-state index >= 15 is 0 Å². The van der Waals surface area contributed by atoms with Gasteiger partial charge >= 0.3 is 0 Å². The van der Waals surface area contributed by atoms with Crippen LogP contribution < -0.4 is 10.6 Å². The van der Waals surface area contributed by atoms with Crippen LogP contribution in [0.3, 0.4) is 0 Å². The van der Waals surface area contributed by atoms with Gasteiger partial charge in [0.2, 0.25) is 0 Å². The summed E-state index contributed by atoms with van der Waals surface area (Å²) in [7, 11) is 0. The van der Waals surface area contributed by atoms with Crippen LogP contribution in [0.5, 0.6) is 0 Å². The van der Waals surface area contributed by atoms with Gasteiger partial charge in [-0.05, 0) is 68.9 Å². The lowest BCUT2D eigenvalue weighted by Crippen LogP contribution is -2.44. The number of hydrogen-bond donors (Lipinski definition) is 2. The lowest BCUT2D eigenvalue weighted by atomic mass is 9.87. The van der Waals surface area contributed by atoms with Crippen molar-refractivity contribution in [1.29, 1.82) is 0 Å². The van der Waals surface area contributed by atoms with Crippen LogP contribution >= 0.6 is 0 Å². The molecule has 20 heavy (non-hydrogen) atoms. The van der Waals surface area contributed by atoms with Crippen LogP contribution in [0.15, 0.2) is 24.3 Å². The molecule has 3 rings (SSSR count). The predicted octanol–water partition coefficient (Wildman–Crippen LogP) is 3.18. The summed E-state index contributed by atoms with van der Waals surface area (Å²) in [5, 5.41) is 7.27. The third-order valence-corrected chi connectivity index (χ3v) is 5.04. The third kappa shape index (κ3) is 3.04. The highest BCUT2D eigenvalue weighted by Gasteiger charge is 2.35. The minimum Gasteiger partial charge on any atom is -0.317 e. The van der Waals surface area contributed by atoms with E-state index in [9.17, 15) is 4.39 Å². The van der Waals surface area contributed by atoms with E-state index in [-0.39, 0.29) is 11.4 Å². The number of halogens is 1. The van der Waals surface area contributed by atoms with Gasteiger partial charge in [0.1, 0.15) is 5.82 Å². The van der Waals surface area contributed by atoms with Crippen LogP contribution in [0.1, 0.15) is 44.1 Å². The average molecular weight is 276 g/mol. The van der Waals surface area contributed by atoms with Crippen LogP contribution in [-0.4, -0.2) is 19.6 Å². The van der Waals surface area contributed by atoms with Crippen LogP contribution in [0.4, 0.5) is 4.39 Å². The normalized spacial score (nSPS) is 23.1. The molecule has 110 valence electrons. The highest BCUT2D eigenvalue weighted by Crippen LogP contribution is 2.39. The zero-order valence-electron chi connectivity index (χ0n) is 12.1. The van der Waals surface area contributed by atoms with E-state index in [0.717, 1.165) is 25.6 Å². The molecule has 2 aliphatic rings. The van der Waals surface area contributed by atoms with Crippen molar-refractivity contribution in [2.24, 2.45) is 5.92 Å². The first kappa shape index (κ1) is 14.0. The molecule has 2 nitrogen and oxygen atoms in total. The number of rotatable bonds is 4. The van der Waals surface area contributed by atoms with Crippen molar-refractivity contribution in [2.75, 3.05) is 19.6 Å². The van der Waals surface area contributed by atoms with Gasteiger partial charge in [-0.15, -0.1) is 0 Å². The van der Waals surface area contributed by atoms with E-state index < -0.39 is 0 Å². The lowest BCUT2D eigenvalue weighted by Gasteiger charge is -2.34. The Morgan fingerprint density at radius 1 is 1.10 bits per heavy atom. The Labute approximate surface area is 121 Å². The summed E-state index contributed by atoms with van der Waals surface area (Å²) < 4.78 is 13.1. The van der Waals surface area contributed by atoms with Crippen LogP contribution in [0.25, 0.3) is 0 Å². The van der Waals surface area contributed by atoms with Crippen LogP contribution in [0, 0.1) is 11.7 Å². The maximum absolute atomic E-state index is 13.1. The molecule has 1 saturated carbocycles. The fourth-order valence-electron chi connectivity index (χ4n) is 3.74. The Hall–Kier alpha value is -0.930. The van der Waals surface area contributed by atoms with Gasteiger partial charge in [0.05, 0.1) is 0 Å². The zero-order chi connectivity index (χ0) is 13.8. The van der Waals surface area contributed by atoms with Gasteiger partial charge in [-0.2, -0.15) is 0 Å². The second kappa shape index (κ2) is 6.23. The zero-order valence-corrected chi connectivity index (χ0v) is 12.1. The number of benzene rings is 1. The van der Waals surface area contributed by atoms with Gasteiger partial charge in [0, 0.05) is 5.54 Å². The predicted molar refractivity (Wildman–Crippen MR) is 80.1 cm³/mol. The second-order valence-electron chi connectivity index (χ2n) is 6.37. The monoisotopic (exact) mass is 276 g/mol. The maximum Gasteiger partial charge on any atom is 0.123 e. The summed E-state index contributed by atoms with van der Waals surface area (Å²) >= 11 is 0. The van der Waals surface area contributed by atoms with Crippen molar-refractivity contribution in [2.45, 2.75) is 44.1 Å². The maximum atomic E-state index is 13.1. The second-order valence-corrected chi connectivity index (χ2v) is 6.37. The standard InChI is InChI=1S/C17H25FN2/c18-16-5-3-15(4-6-16)17(9-1-2-10-17)20-13-14-7-11-19-12-8-14/h3-6,14,19-20H,1-2,7-13H2. The molecule has 2 N–H and O–H groups in total. The van der Waals surface area contributed by atoms with E-state index in [4.69, 9.17) is 0 Å². The van der Waals surface area contributed by atoms with Crippen molar-refractivity contribution < 1.29 is 4.39 Å². The van der Waals surface area contributed by atoms with E-state index in [1.165, 1.54) is 44.1 Å². The van der Waals surface area contributed by atoms with Crippen LogP contribution in [-0.2, 0) is 5.54 Å². The Morgan fingerprint density at radius 2 is 1.75 bits per heavy atom. The molecule has 2 fully saturated rings. The molecule has 0 amide bonds. The van der Waals surface area contributed by atoms with Crippen LogP contribution in [0.2, 0.25) is 0 Å². The molecule has 1 saturated heterocycles. The van der Waals surface area contributed by atoms with Gasteiger partial charge in [-0.1, -0.05) is 25.0 Å². The summed E-state index contributed by atoms with van der Waals surface area (Å²) in [5.41, 5.74) is 1.36. The van der Waals surface area contributed by atoms with Gasteiger partial charge in [0.25, 0.3) is 0 Å². The third-order valence-electron chi connectivity index (χ3n) is 5.04. The van der Waals surface area contributed by atoms with E-state index in [0.29, 0.717) is 0 Å². The van der Waals surface area contributed by atoms with Gasteiger partial charge < -0.3 is 10.6 Å². The lowest BCUT2D eigenvalue weighted by molar-refractivity contribution is 0.278. The quantitative estimate of drug-likeness (QED) is 0.882. The molecule has 0 aromatic heterocycles. The van der Waals surface area contributed by atoms with Gasteiger partial charge in [-0.3, -0.25) is 0 Å². The summed E-state index contributed by atoms with van der Waals surface area (Å²) in [5.74, 6) is 0.648. The van der Waals surface area contributed by atoms with Gasteiger partial charge in [0.15, 0.2) is 0 Å². The Balaban J connectivity index is 1.69. The van der Waals surface area contributed by atoms with Gasteiger partial charge in [-0.25, -0.2) is 4.39 Å². The first-order valence-electron chi connectivity index (χ1n) is 8.00. The summed E-state index contributed by atoms with van der Waals surface area (Å²) in [6.45, 7) is 3.39. The molecule has 3 heteroatoms. The topological polar surface area (TPSA) is 24.1 Å². The molecular formula is C17H25FN2. The van der Waals surface area contributed by atoms with Crippen molar-refractivity contribution in [3.63, 3.8) is 0 Å².